The molecule has 0 unspecified atom stereocenters. The van der Waals surface area contributed by atoms with Gasteiger partial charge in [0, 0.05) is 12.6 Å². The van der Waals surface area contributed by atoms with Crippen LogP contribution in [0.3, 0.4) is 0 Å². The molecular weight excluding hydrogens is 202 g/mol. The molecule has 0 aliphatic heterocycles. The molecule has 4 nitrogen and oxygen atoms in total. The predicted octanol–water partition coefficient (Wildman–Crippen LogP) is 1.65. The Labute approximate surface area is 94.6 Å². The van der Waals surface area contributed by atoms with Gasteiger partial charge in [-0.3, -0.25) is 0 Å². The largest absolute Gasteiger partial charge is 0.481 e. The molecule has 4 heteroatoms. The summed E-state index contributed by atoms with van der Waals surface area (Å²) < 4.78 is 7.06. The average Bonchev–Trinajstić information content (AvgIpc) is 2.72. The van der Waals surface area contributed by atoms with Crippen molar-refractivity contribution in [2.24, 2.45) is 5.73 Å². The van der Waals surface area contributed by atoms with Crippen molar-refractivity contribution in [2.75, 3.05) is 7.11 Å². The van der Waals surface area contributed by atoms with Crippen molar-refractivity contribution in [3.05, 3.63) is 41.6 Å². The third kappa shape index (κ3) is 1.79. The molecule has 0 amide bonds. The number of benzene rings is 1. The van der Waals surface area contributed by atoms with Gasteiger partial charge in [0.2, 0.25) is 5.88 Å². The Morgan fingerprint density at radius 1 is 1.38 bits per heavy atom. The van der Waals surface area contributed by atoms with E-state index in [2.05, 4.69) is 5.10 Å². The van der Waals surface area contributed by atoms with Crippen LogP contribution in [0, 0.1) is 6.92 Å². The number of para-hydroxylation sites is 1. The van der Waals surface area contributed by atoms with Crippen LogP contribution in [0.2, 0.25) is 0 Å². The van der Waals surface area contributed by atoms with Crippen LogP contribution in [0.1, 0.15) is 11.3 Å². The summed E-state index contributed by atoms with van der Waals surface area (Å²) in [7, 11) is 1.63. The van der Waals surface area contributed by atoms with Gasteiger partial charge in [0.15, 0.2) is 0 Å². The second kappa shape index (κ2) is 4.37. The molecule has 0 fully saturated rings. The Balaban J connectivity index is 2.54. The highest BCUT2D eigenvalue weighted by Crippen LogP contribution is 2.21. The van der Waals surface area contributed by atoms with E-state index in [4.69, 9.17) is 10.5 Å². The summed E-state index contributed by atoms with van der Waals surface area (Å²) in [6, 6.07) is 9.88. The third-order valence-electron chi connectivity index (χ3n) is 2.49. The van der Waals surface area contributed by atoms with Crippen molar-refractivity contribution >= 4 is 0 Å². The van der Waals surface area contributed by atoms with E-state index in [1.165, 1.54) is 0 Å². The zero-order valence-electron chi connectivity index (χ0n) is 9.47. The van der Waals surface area contributed by atoms with Gasteiger partial charge in [0.05, 0.1) is 18.5 Å². The van der Waals surface area contributed by atoms with Gasteiger partial charge < -0.3 is 10.5 Å². The first-order valence-corrected chi connectivity index (χ1v) is 5.15. The quantitative estimate of drug-likeness (QED) is 0.850. The van der Waals surface area contributed by atoms with Crippen LogP contribution in [-0.4, -0.2) is 16.9 Å². The summed E-state index contributed by atoms with van der Waals surface area (Å²) in [5, 5.41) is 4.40. The molecule has 1 aromatic heterocycles. The third-order valence-corrected chi connectivity index (χ3v) is 2.49. The number of hydrogen-bond donors (Lipinski definition) is 1. The molecule has 0 bridgehead atoms. The van der Waals surface area contributed by atoms with Gasteiger partial charge in [0.1, 0.15) is 0 Å². The SMILES string of the molecule is COc1cc(CN)nn1-c1ccccc1C. The van der Waals surface area contributed by atoms with Gasteiger partial charge in [-0.25, -0.2) is 4.68 Å². The van der Waals surface area contributed by atoms with E-state index in [-0.39, 0.29) is 0 Å². The van der Waals surface area contributed by atoms with Crippen molar-refractivity contribution in [1.82, 2.24) is 9.78 Å². The van der Waals surface area contributed by atoms with Gasteiger partial charge in [0.25, 0.3) is 0 Å². The zero-order chi connectivity index (χ0) is 11.5. The number of rotatable bonds is 3. The average molecular weight is 217 g/mol. The molecule has 2 N–H and O–H groups in total. The van der Waals surface area contributed by atoms with E-state index >= 15 is 0 Å². The highest BCUT2D eigenvalue weighted by molar-refractivity contribution is 5.42. The van der Waals surface area contributed by atoms with Gasteiger partial charge >= 0.3 is 0 Å². The van der Waals surface area contributed by atoms with Gasteiger partial charge in [-0.15, -0.1) is 0 Å². The number of hydrogen-bond acceptors (Lipinski definition) is 3. The van der Waals surface area contributed by atoms with Crippen LogP contribution in [-0.2, 0) is 6.54 Å². The van der Waals surface area contributed by atoms with Crippen molar-refractivity contribution in [3.63, 3.8) is 0 Å². The summed E-state index contributed by atoms with van der Waals surface area (Å²) in [4.78, 5) is 0. The monoisotopic (exact) mass is 217 g/mol. The maximum atomic E-state index is 5.57. The Kier molecular flexibility index (Phi) is 2.92. The highest BCUT2D eigenvalue weighted by atomic mass is 16.5. The first-order chi connectivity index (χ1) is 7.76. The minimum atomic E-state index is 0.412. The van der Waals surface area contributed by atoms with E-state index in [1.807, 2.05) is 37.3 Å². The van der Waals surface area contributed by atoms with E-state index in [1.54, 1.807) is 11.8 Å². The normalized spacial score (nSPS) is 10.4. The minimum Gasteiger partial charge on any atom is -0.481 e. The van der Waals surface area contributed by atoms with Crippen LogP contribution < -0.4 is 10.5 Å². The van der Waals surface area contributed by atoms with Crippen molar-refractivity contribution in [1.29, 1.82) is 0 Å². The molecule has 2 rings (SSSR count). The van der Waals surface area contributed by atoms with Crippen LogP contribution in [0.25, 0.3) is 5.69 Å². The second-order valence-corrected chi connectivity index (χ2v) is 3.58. The summed E-state index contributed by atoms with van der Waals surface area (Å²) in [6.45, 7) is 2.45. The van der Waals surface area contributed by atoms with Crippen LogP contribution >= 0.6 is 0 Å². The van der Waals surface area contributed by atoms with Crippen LogP contribution in [0.4, 0.5) is 0 Å². The Morgan fingerprint density at radius 3 is 2.75 bits per heavy atom. The van der Waals surface area contributed by atoms with E-state index in [0.717, 1.165) is 16.9 Å². The number of nitrogens with two attached hydrogens (primary N) is 1. The molecule has 0 saturated carbocycles. The standard InChI is InChI=1S/C12H15N3O/c1-9-5-3-4-6-11(9)15-12(16-2)7-10(8-13)14-15/h3-7H,8,13H2,1-2H3. The first-order valence-electron chi connectivity index (χ1n) is 5.15. The molecule has 0 saturated heterocycles. The summed E-state index contributed by atoms with van der Waals surface area (Å²) in [5.74, 6) is 0.703. The number of ether oxygens (including phenoxy) is 1. The molecular formula is C12H15N3O. The highest BCUT2D eigenvalue weighted by Gasteiger charge is 2.10. The molecule has 1 heterocycles. The molecule has 0 radical (unpaired) electrons. The Bertz CT molecular complexity index is 491. The molecule has 0 atom stereocenters. The first kappa shape index (κ1) is 10.7. The topological polar surface area (TPSA) is 53.1 Å². The van der Waals surface area contributed by atoms with Gasteiger partial charge in [-0.1, -0.05) is 18.2 Å². The molecule has 2 aromatic rings. The molecule has 1 aromatic carbocycles. The minimum absolute atomic E-state index is 0.412. The van der Waals surface area contributed by atoms with Crippen molar-refractivity contribution < 1.29 is 4.74 Å². The molecule has 16 heavy (non-hydrogen) atoms. The fourth-order valence-corrected chi connectivity index (χ4v) is 1.63. The fourth-order valence-electron chi connectivity index (χ4n) is 1.63. The lowest BCUT2D eigenvalue weighted by Crippen LogP contribution is -2.03. The zero-order valence-corrected chi connectivity index (χ0v) is 9.47. The van der Waals surface area contributed by atoms with Crippen molar-refractivity contribution in [3.8, 4) is 11.6 Å². The van der Waals surface area contributed by atoms with E-state index in [0.29, 0.717) is 12.4 Å². The van der Waals surface area contributed by atoms with Gasteiger partial charge in [-0.05, 0) is 18.6 Å². The number of nitrogens with zero attached hydrogens (tertiary/aromatic N) is 2. The summed E-state index contributed by atoms with van der Waals surface area (Å²) in [5.41, 5.74) is 8.55. The van der Waals surface area contributed by atoms with E-state index < -0.39 is 0 Å². The van der Waals surface area contributed by atoms with Crippen LogP contribution in [0.15, 0.2) is 30.3 Å². The Morgan fingerprint density at radius 2 is 2.12 bits per heavy atom. The second-order valence-electron chi connectivity index (χ2n) is 3.58. The lowest BCUT2D eigenvalue weighted by molar-refractivity contribution is 0.383. The van der Waals surface area contributed by atoms with E-state index in [9.17, 15) is 0 Å². The fraction of sp³-hybridized carbons (Fsp3) is 0.250. The maximum Gasteiger partial charge on any atom is 0.216 e. The van der Waals surface area contributed by atoms with Crippen molar-refractivity contribution in [2.45, 2.75) is 13.5 Å². The Hall–Kier alpha value is -1.81. The predicted molar refractivity (Wildman–Crippen MR) is 62.7 cm³/mol. The number of aryl methyl sites for hydroxylation is 1. The van der Waals surface area contributed by atoms with Crippen LogP contribution in [0.5, 0.6) is 5.88 Å². The lowest BCUT2D eigenvalue weighted by Gasteiger charge is -2.08. The number of methoxy groups -OCH3 is 1. The summed E-state index contributed by atoms with van der Waals surface area (Å²) >= 11 is 0. The maximum absolute atomic E-state index is 5.57. The molecule has 0 spiro atoms. The lowest BCUT2D eigenvalue weighted by atomic mass is 10.2. The molecule has 0 aliphatic rings. The smallest absolute Gasteiger partial charge is 0.216 e. The molecule has 84 valence electrons. The van der Waals surface area contributed by atoms with Gasteiger partial charge in [-0.2, -0.15) is 5.10 Å². The molecule has 0 aliphatic carbocycles. The summed E-state index contributed by atoms with van der Waals surface area (Å²) in [6.07, 6.45) is 0. The number of aromatic nitrogens is 2.